The molecule has 1 aromatic heterocycles. The van der Waals surface area contributed by atoms with Crippen LogP contribution in [0, 0.1) is 6.92 Å². The second kappa shape index (κ2) is 6.70. The summed E-state index contributed by atoms with van der Waals surface area (Å²) in [5, 5.41) is 7.94. The summed E-state index contributed by atoms with van der Waals surface area (Å²) in [6.07, 6.45) is 2.17. The van der Waals surface area contributed by atoms with E-state index in [4.69, 9.17) is 16.3 Å². The largest absolute Gasteiger partial charge is 0.473 e. The van der Waals surface area contributed by atoms with E-state index in [-0.39, 0.29) is 12.0 Å². The number of piperidine rings is 1. The van der Waals surface area contributed by atoms with Crippen LogP contribution in [-0.2, 0) is 4.79 Å². The molecule has 1 fully saturated rings. The normalized spacial score (nSPS) is 16.4. The maximum Gasteiger partial charge on any atom is 0.233 e. The molecule has 0 radical (unpaired) electrons. The molecular formula is C13H18ClN3O2. The van der Waals surface area contributed by atoms with E-state index in [1.54, 1.807) is 0 Å². The summed E-state index contributed by atoms with van der Waals surface area (Å²) in [6, 6.07) is 3.70. The number of rotatable bonds is 4. The fourth-order valence-electron chi connectivity index (χ4n) is 2.08. The lowest BCUT2D eigenvalue weighted by Gasteiger charge is -2.31. The van der Waals surface area contributed by atoms with Crippen LogP contribution in [0.25, 0.3) is 0 Å². The first-order chi connectivity index (χ1) is 9.19. The molecule has 2 heterocycles. The van der Waals surface area contributed by atoms with E-state index in [9.17, 15) is 4.79 Å². The standard InChI is InChI=1S/C13H18ClN3O2/c1-10-2-3-12(16-15-10)19-11-5-8-17(9-6-11)13(18)4-7-14/h2-3,11H,4-9H2,1H3. The Morgan fingerprint density at radius 1 is 1.42 bits per heavy atom. The maximum atomic E-state index is 11.7. The van der Waals surface area contributed by atoms with Crippen LogP contribution in [0.15, 0.2) is 12.1 Å². The Morgan fingerprint density at radius 3 is 2.74 bits per heavy atom. The average molecular weight is 284 g/mol. The van der Waals surface area contributed by atoms with E-state index in [1.807, 2.05) is 24.0 Å². The molecule has 0 aliphatic carbocycles. The fraction of sp³-hybridized carbons (Fsp3) is 0.615. The number of amides is 1. The molecule has 1 aliphatic heterocycles. The van der Waals surface area contributed by atoms with Gasteiger partial charge in [0.15, 0.2) is 0 Å². The summed E-state index contributed by atoms with van der Waals surface area (Å²) >= 11 is 5.58. The molecule has 0 unspecified atom stereocenters. The first kappa shape index (κ1) is 14.1. The second-order valence-corrected chi connectivity index (χ2v) is 5.03. The highest BCUT2D eigenvalue weighted by atomic mass is 35.5. The highest BCUT2D eigenvalue weighted by Crippen LogP contribution is 2.17. The second-order valence-electron chi connectivity index (χ2n) is 4.65. The smallest absolute Gasteiger partial charge is 0.233 e. The zero-order valence-corrected chi connectivity index (χ0v) is 11.8. The molecule has 5 nitrogen and oxygen atoms in total. The molecular weight excluding hydrogens is 266 g/mol. The van der Waals surface area contributed by atoms with Crippen LogP contribution in [-0.4, -0.2) is 46.1 Å². The lowest BCUT2D eigenvalue weighted by atomic mass is 10.1. The molecule has 1 amide bonds. The van der Waals surface area contributed by atoms with Crippen molar-refractivity contribution in [2.75, 3.05) is 19.0 Å². The molecule has 1 aliphatic rings. The number of aryl methyl sites for hydroxylation is 1. The molecule has 6 heteroatoms. The summed E-state index contributed by atoms with van der Waals surface area (Å²) < 4.78 is 5.76. The van der Waals surface area contributed by atoms with Crippen LogP contribution in [0.5, 0.6) is 5.88 Å². The third kappa shape index (κ3) is 4.06. The van der Waals surface area contributed by atoms with Gasteiger partial charge < -0.3 is 9.64 Å². The van der Waals surface area contributed by atoms with Gasteiger partial charge >= 0.3 is 0 Å². The zero-order valence-electron chi connectivity index (χ0n) is 11.0. The van der Waals surface area contributed by atoms with Gasteiger partial charge in [0.1, 0.15) is 6.10 Å². The number of likely N-dealkylation sites (tertiary alicyclic amines) is 1. The van der Waals surface area contributed by atoms with Crippen molar-refractivity contribution in [1.29, 1.82) is 0 Å². The van der Waals surface area contributed by atoms with Crippen molar-refractivity contribution in [2.45, 2.75) is 32.3 Å². The number of carbonyl (C=O) groups is 1. The topological polar surface area (TPSA) is 55.3 Å². The molecule has 0 spiro atoms. The number of hydrogen-bond acceptors (Lipinski definition) is 4. The van der Waals surface area contributed by atoms with E-state index in [2.05, 4.69) is 10.2 Å². The van der Waals surface area contributed by atoms with Crippen LogP contribution >= 0.6 is 11.6 Å². The molecule has 19 heavy (non-hydrogen) atoms. The average Bonchev–Trinajstić information content (AvgIpc) is 2.42. The van der Waals surface area contributed by atoms with Gasteiger partial charge in [0.2, 0.25) is 11.8 Å². The minimum atomic E-state index is 0.108. The lowest BCUT2D eigenvalue weighted by Crippen LogP contribution is -2.41. The van der Waals surface area contributed by atoms with Gasteiger partial charge in [-0.15, -0.1) is 16.7 Å². The summed E-state index contributed by atoms with van der Waals surface area (Å²) in [6.45, 7) is 3.33. The predicted octanol–water partition coefficient (Wildman–Crippen LogP) is 1.78. The highest BCUT2D eigenvalue weighted by Gasteiger charge is 2.23. The molecule has 0 aromatic carbocycles. The van der Waals surface area contributed by atoms with Crippen molar-refractivity contribution < 1.29 is 9.53 Å². The van der Waals surface area contributed by atoms with Gasteiger partial charge in [-0.3, -0.25) is 4.79 Å². The maximum absolute atomic E-state index is 11.7. The number of carbonyl (C=O) groups excluding carboxylic acids is 1. The van der Waals surface area contributed by atoms with Crippen LogP contribution in [0.1, 0.15) is 25.0 Å². The number of hydrogen-bond donors (Lipinski definition) is 0. The SMILES string of the molecule is Cc1ccc(OC2CCN(C(=O)CCCl)CC2)nn1. The third-order valence-corrected chi connectivity index (χ3v) is 3.35. The minimum Gasteiger partial charge on any atom is -0.473 e. The van der Waals surface area contributed by atoms with Crippen molar-refractivity contribution in [3.8, 4) is 5.88 Å². The predicted molar refractivity (Wildman–Crippen MR) is 72.3 cm³/mol. The monoisotopic (exact) mass is 283 g/mol. The number of halogens is 1. The Kier molecular flexibility index (Phi) is 4.96. The Balaban J connectivity index is 1.80. The van der Waals surface area contributed by atoms with Gasteiger partial charge in [0, 0.05) is 44.3 Å². The molecule has 0 N–H and O–H groups in total. The quantitative estimate of drug-likeness (QED) is 0.791. The van der Waals surface area contributed by atoms with Gasteiger partial charge in [-0.1, -0.05) is 0 Å². The molecule has 1 saturated heterocycles. The molecule has 2 rings (SSSR count). The van der Waals surface area contributed by atoms with Crippen LogP contribution in [0.2, 0.25) is 0 Å². The van der Waals surface area contributed by atoms with E-state index in [1.165, 1.54) is 0 Å². The van der Waals surface area contributed by atoms with Crippen molar-refractivity contribution in [2.24, 2.45) is 0 Å². The van der Waals surface area contributed by atoms with Crippen molar-refractivity contribution >= 4 is 17.5 Å². The lowest BCUT2D eigenvalue weighted by molar-refractivity contribution is -0.132. The Morgan fingerprint density at radius 2 is 2.16 bits per heavy atom. The van der Waals surface area contributed by atoms with E-state index in [0.717, 1.165) is 31.6 Å². The minimum absolute atomic E-state index is 0.108. The Hall–Kier alpha value is -1.36. The molecule has 0 bridgehead atoms. The van der Waals surface area contributed by atoms with Gasteiger partial charge in [-0.25, -0.2) is 0 Å². The molecule has 104 valence electrons. The van der Waals surface area contributed by atoms with Crippen molar-refractivity contribution in [3.63, 3.8) is 0 Å². The number of alkyl halides is 1. The summed E-state index contributed by atoms with van der Waals surface area (Å²) in [5.74, 6) is 1.06. The van der Waals surface area contributed by atoms with Crippen LogP contribution in [0.3, 0.4) is 0 Å². The first-order valence-corrected chi connectivity index (χ1v) is 7.03. The number of ether oxygens (including phenoxy) is 1. The third-order valence-electron chi connectivity index (χ3n) is 3.16. The van der Waals surface area contributed by atoms with E-state index < -0.39 is 0 Å². The summed E-state index contributed by atoms with van der Waals surface area (Å²) in [5.41, 5.74) is 0.869. The molecule has 0 atom stereocenters. The fourth-order valence-corrected chi connectivity index (χ4v) is 2.24. The van der Waals surface area contributed by atoms with E-state index in [0.29, 0.717) is 18.2 Å². The Labute approximate surface area is 117 Å². The summed E-state index contributed by atoms with van der Waals surface area (Å²) in [7, 11) is 0. The Bertz CT molecular complexity index is 416. The highest BCUT2D eigenvalue weighted by molar-refractivity contribution is 6.18. The van der Waals surface area contributed by atoms with Crippen LogP contribution in [0.4, 0.5) is 0 Å². The van der Waals surface area contributed by atoms with Gasteiger partial charge in [-0.2, -0.15) is 5.10 Å². The molecule has 0 saturated carbocycles. The summed E-state index contributed by atoms with van der Waals surface area (Å²) in [4.78, 5) is 13.5. The van der Waals surface area contributed by atoms with Gasteiger partial charge in [-0.05, 0) is 13.0 Å². The van der Waals surface area contributed by atoms with Crippen molar-refractivity contribution in [1.82, 2.24) is 15.1 Å². The first-order valence-electron chi connectivity index (χ1n) is 6.50. The van der Waals surface area contributed by atoms with Gasteiger partial charge in [0.05, 0.1) is 5.69 Å². The van der Waals surface area contributed by atoms with Crippen molar-refractivity contribution in [3.05, 3.63) is 17.8 Å². The van der Waals surface area contributed by atoms with E-state index >= 15 is 0 Å². The number of aromatic nitrogens is 2. The molecule has 1 aromatic rings. The zero-order chi connectivity index (χ0) is 13.7. The van der Waals surface area contributed by atoms with Gasteiger partial charge in [0.25, 0.3) is 0 Å². The van der Waals surface area contributed by atoms with Crippen LogP contribution < -0.4 is 4.74 Å². The number of nitrogens with zero attached hydrogens (tertiary/aromatic N) is 3.